The van der Waals surface area contributed by atoms with Gasteiger partial charge in [0.05, 0.1) is 0 Å². The van der Waals surface area contributed by atoms with Crippen molar-refractivity contribution in [3.05, 3.63) is 41.2 Å². The SMILES string of the molecule is CC1=NC=C(COc2ccc(F)cc2)S1(=O)=O. The van der Waals surface area contributed by atoms with E-state index in [2.05, 4.69) is 4.99 Å². The molecule has 90 valence electrons. The summed E-state index contributed by atoms with van der Waals surface area (Å²) in [5.74, 6) is 0.0382. The Morgan fingerprint density at radius 3 is 2.47 bits per heavy atom. The Hall–Kier alpha value is -1.69. The van der Waals surface area contributed by atoms with E-state index in [-0.39, 0.29) is 22.4 Å². The fourth-order valence-corrected chi connectivity index (χ4v) is 2.27. The minimum Gasteiger partial charge on any atom is -0.488 e. The van der Waals surface area contributed by atoms with Crippen LogP contribution in [0.3, 0.4) is 0 Å². The maximum atomic E-state index is 12.6. The van der Waals surface area contributed by atoms with Gasteiger partial charge in [-0.2, -0.15) is 0 Å². The molecule has 1 heterocycles. The van der Waals surface area contributed by atoms with Gasteiger partial charge in [0.1, 0.15) is 28.1 Å². The van der Waals surface area contributed by atoms with Crippen molar-refractivity contribution in [2.24, 2.45) is 4.99 Å². The van der Waals surface area contributed by atoms with E-state index in [1.54, 1.807) is 0 Å². The molecular weight excluding hydrogens is 245 g/mol. The normalized spacial score (nSPS) is 17.5. The summed E-state index contributed by atoms with van der Waals surface area (Å²) < 4.78 is 41.1. The average Bonchev–Trinajstić information content (AvgIpc) is 2.54. The van der Waals surface area contributed by atoms with Gasteiger partial charge in [0, 0.05) is 6.20 Å². The van der Waals surface area contributed by atoms with Gasteiger partial charge in [-0.05, 0) is 31.2 Å². The zero-order valence-corrected chi connectivity index (χ0v) is 9.87. The molecule has 0 saturated carbocycles. The van der Waals surface area contributed by atoms with Crippen LogP contribution in [0.1, 0.15) is 6.92 Å². The Labute approximate surface area is 98.4 Å². The summed E-state index contributed by atoms with van der Waals surface area (Å²) in [6.07, 6.45) is 1.27. The predicted octanol–water partition coefficient (Wildman–Crippen LogP) is 1.89. The zero-order chi connectivity index (χ0) is 12.5. The molecule has 17 heavy (non-hydrogen) atoms. The number of nitrogens with zero attached hydrogens (tertiary/aromatic N) is 1. The Balaban J connectivity index is 2.04. The zero-order valence-electron chi connectivity index (χ0n) is 9.05. The van der Waals surface area contributed by atoms with Crippen molar-refractivity contribution in [2.45, 2.75) is 6.92 Å². The molecule has 1 aliphatic heterocycles. The number of hydrogen-bond acceptors (Lipinski definition) is 4. The van der Waals surface area contributed by atoms with Crippen molar-refractivity contribution in [3.63, 3.8) is 0 Å². The average molecular weight is 255 g/mol. The third-order valence-corrected chi connectivity index (χ3v) is 4.12. The molecule has 0 atom stereocenters. The molecule has 1 aliphatic rings. The Morgan fingerprint density at radius 1 is 1.29 bits per heavy atom. The van der Waals surface area contributed by atoms with Crippen LogP contribution in [-0.4, -0.2) is 20.1 Å². The number of benzene rings is 1. The van der Waals surface area contributed by atoms with Crippen LogP contribution in [0.15, 0.2) is 40.4 Å². The Kier molecular flexibility index (Phi) is 2.97. The molecule has 0 fully saturated rings. The van der Waals surface area contributed by atoms with Gasteiger partial charge in [0.2, 0.25) is 9.84 Å². The lowest BCUT2D eigenvalue weighted by Gasteiger charge is -2.06. The fourth-order valence-electron chi connectivity index (χ4n) is 1.29. The van der Waals surface area contributed by atoms with E-state index in [1.165, 1.54) is 37.4 Å². The standard InChI is InChI=1S/C11H10FNO3S/c1-8-13-6-11(17(8,14)15)7-16-10-4-2-9(12)3-5-10/h2-6H,7H2,1H3. The molecule has 1 aromatic carbocycles. The molecule has 4 nitrogen and oxygen atoms in total. The summed E-state index contributed by atoms with van der Waals surface area (Å²) in [6, 6.07) is 5.36. The van der Waals surface area contributed by atoms with E-state index in [1.807, 2.05) is 0 Å². The van der Waals surface area contributed by atoms with Crippen molar-refractivity contribution in [2.75, 3.05) is 6.61 Å². The van der Waals surface area contributed by atoms with Gasteiger partial charge in [-0.1, -0.05) is 0 Å². The van der Waals surface area contributed by atoms with Crippen molar-refractivity contribution in [3.8, 4) is 5.75 Å². The third-order valence-electron chi connectivity index (χ3n) is 2.32. The van der Waals surface area contributed by atoms with Crippen molar-refractivity contribution >= 4 is 14.9 Å². The lowest BCUT2D eigenvalue weighted by atomic mass is 10.3. The highest BCUT2D eigenvalue weighted by Crippen LogP contribution is 2.19. The van der Waals surface area contributed by atoms with E-state index < -0.39 is 9.84 Å². The number of aliphatic imine (C=N–C) groups is 1. The van der Waals surface area contributed by atoms with Gasteiger partial charge in [-0.3, -0.25) is 0 Å². The summed E-state index contributed by atoms with van der Waals surface area (Å²) in [5.41, 5.74) is 0. The van der Waals surface area contributed by atoms with E-state index in [4.69, 9.17) is 4.74 Å². The summed E-state index contributed by atoms with van der Waals surface area (Å²) >= 11 is 0. The first kappa shape index (κ1) is 11.8. The number of sulfone groups is 1. The van der Waals surface area contributed by atoms with Crippen LogP contribution >= 0.6 is 0 Å². The molecule has 1 aromatic rings. The highest BCUT2D eigenvalue weighted by Gasteiger charge is 2.26. The highest BCUT2D eigenvalue weighted by atomic mass is 32.2. The molecule has 0 spiro atoms. The summed E-state index contributed by atoms with van der Waals surface area (Å²) in [5, 5.41) is 0.0650. The van der Waals surface area contributed by atoms with Gasteiger partial charge < -0.3 is 4.74 Å². The van der Waals surface area contributed by atoms with Crippen molar-refractivity contribution in [1.82, 2.24) is 0 Å². The van der Waals surface area contributed by atoms with Crippen LogP contribution in [0.4, 0.5) is 4.39 Å². The Bertz CT molecular complexity index is 588. The summed E-state index contributed by atoms with van der Waals surface area (Å²) in [6.45, 7) is 1.32. The van der Waals surface area contributed by atoms with Crippen LogP contribution in [0.2, 0.25) is 0 Å². The summed E-state index contributed by atoms with van der Waals surface area (Å²) in [7, 11) is -3.43. The maximum absolute atomic E-state index is 12.6. The minimum atomic E-state index is -3.43. The topological polar surface area (TPSA) is 55.7 Å². The summed E-state index contributed by atoms with van der Waals surface area (Å²) in [4.78, 5) is 3.83. The van der Waals surface area contributed by atoms with Gasteiger partial charge in [-0.25, -0.2) is 17.8 Å². The molecule has 0 aliphatic carbocycles. The molecule has 0 radical (unpaired) electrons. The van der Waals surface area contributed by atoms with Gasteiger partial charge >= 0.3 is 0 Å². The second kappa shape index (κ2) is 4.29. The first-order valence-corrected chi connectivity index (χ1v) is 6.35. The van der Waals surface area contributed by atoms with Crippen LogP contribution in [-0.2, 0) is 9.84 Å². The smallest absolute Gasteiger partial charge is 0.220 e. The first-order chi connectivity index (χ1) is 8.00. The number of halogens is 1. The highest BCUT2D eigenvalue weighted by molar-refractivity contribution is 8.09. The molecule has 2 rings (SSSR count). The van der Waals surface area contributed by atoms with Gasteiger partial charge in [0.15, 0.2) is 0 Å². The van der Waals surface area contributed by atoms with E-state index >= 15 is 0 Å². The van der Waals surface area contributed by atoms with E-state index in [9.17, 15) is 12.8 Å². The lowest BCUT2D eigenvalue weighted by molar-refractivity contribution is 0.357. The van der Waals surface area contributed by atoms with Crippen LogP contribution in [0, 0.1) is 5.82 Å². The molecule has 0 saturated heterocycles. The Morgan fingerprint density at radius 2 is 1.94 bits per heavy atom. The molecular formula is C11H10FNO3S. The fraction of sp³-hybridized carbons (Fsp3) is 0.182. The molecule has 0 unspecified atom stereocenters. The largest absolute Gasteiger partial charge is 0.488 e. The molecule has 0 bridgehead atoms. The predicted molar refractivity (Wildman–Crippen MR) is 62.0 cm³/mol. The number of rotatable bonds is 3. The monoisotopic (exact) mass is 255 g/mol. The third kappa shape index (κ3) is 2.36. The molecule has 0 amide bonds. The van der Waals surface area contributed by atoms with Gasteiger partial charge in [0.25, 0.3) is 0 Å². The minimum absolute atomic E-state index is 0.0650. The second-order valence-corrected chi connectivity index (χ2v) is 5.61. The lowest BCUT2D eigenvalue weighted by Crippen LogP contribution is -2.14. The molecule has 0 N–H and O–H groups in total. The van der Waals surface area contributed by atoms with Crippen LogP contribution in [0.5, 0.6) is 5.75 Å². The number of hydrogen-bond donors (Lipinski definition) is 0. The molecule has 6 heteroatoms. The van der Waals surface area contributed by atoms with Crippen molar-refractivity contribution in [1.29, 1.82) is 0 Å². The van der Waals surface area contributed by atoms with Crippen molar-refractivity contribution < 1.29 is 17.5 Å². The second-order valence-electron chi connectivity index (χ2n) is 3.49. The first-order valence-electron chi connectivity index (χ1n) is 4.87. The quantitative estimate of drug-likeness (QED) is 0.828. The van der Waals surface area contributed by atoms with E-state index in [0.29, 0.717) is 5.75 Å². The van der Waals surface area contributed by atoms with E-state index in [0.717, 1.165) is 0 Å². The number of ether oxygens (including phenoxy) is 1. The van der Waals surface area contributed by atoms with Crippen LogP contribution in [0.25, 0.3) is 0 Å². The molecule has 0 aromatic heterocycles. The maximum Gasteiger partial charge on any atom is 0.220 e. The van der Waals surface area contributed by atoms with Gasteiger partial charge in [-0.15, -0.1) is 0 Å². The van der Waals surface area contributed by atoms with Crippen LogP contribution < -0.4 is 4.74 Å².